The molecule has 1 aliphatic carbocycles. The lowest BCUT2D eigenvalue weighted by molar-refractivity contribution is -0.141. The van der Waals surface area contributed by atoms with Gasteiger partial charge in [-0.3, -0.25) is 4.79 Å². The molecular formula is C15H19NO3. The number of amides is 1. The molecule has 1 aliphatic rings. The van der Waals surface area contributed by atoms with Crippen molar-refractivity contribution in [1.82, 2.24) is 5.32 Å². The molecule has 0 unspecified atom stereocenters. The summed E-state index contributed by atoms with van der Waals surface area (Å²) >= 11 is 0. The summed E-state index contributed by atoms with van der Waals surface area (Å²) in [7, 11) is 0. The molecule has 19 heavy (non-hydrogen) atoms. The molecule has 2 rings (SSSR count). The van der Waals surface area contributed by atoms with Crippen LogP contribution in [0.4, 0.5) is 0 Å². The highest BCUT2D eigenvalue weighted by Gasteiger charge is 2.30. The van der Waals surface area contributed by atoms with Gasteiger partial charge < -0.3 is 10.4 Å². The third-order valence-corrected chi connectivity index (χ3v) is 3.71. The lowest BCUT2D eigenvalue weighted by atomic mass is 9.84. The van der Waals surface area contributed by atoms with E-state index >= 15 is 0 Å². The van der Waals surface area contributed by atoms with Crippen LogP contribution in [-0.4, -0.2) is 23.0 Å². The third-order valence-electron chi connectivity index (χ3n) is 3.71. The fourth-order valence-electron chi connectivity index (χ4n) is 2.66. The van der Waals surface area contributed by atoms with Crippen LogP contribution in [0.15, 0.2) is 30.3 Å². The summed E-state index contributed by atoms with van der Waals surface area (Å²) in [6, 6.07) is 7.97. The number of hydrogen-bond donors (Lipinski definition) is 2. The van der Waals surface area contributed by atoms with Gasteiger partial charge in [-0.1, -0.05) is 37.5 Å². The molecule has 102 valence electrons. The first-order chi connectivity index (χ1) is 9.18. The molecule has 0 bridgehead atoms. The van der Waals surface area contributed by atoms with Gasteiger partial charge in [-0.05, 0) is 30.9 Å². The molecule has 4 heteroatoms. The maximum absolute atomic E-state index is 12.0. The normalized spacial score (nSPS) is 17.7. The Bertz CT molecular complexity index is 438. The Hall–Kier alpha value is -1.84. The van der Waals surface area contributed by atoms with Crippen molar-refractivity contribution in [3.63, 3.8) is 0 Å². The SMILES string of the molecule is O=C(N[C@@H](C(=O)O)C1CCCCC1)c1ccccc1. The van der Waals surface area contributed by atoms with E-state index in [9.17, 15) is 14.7 Å². The lowest BCUT2D eigenvalue weighted by Gasteiger charge is -2.28. The van der Waals surface area contributed by atoms with Crippen LogP contribution < -0.4 is 5.32 Å². The van der Waals surface area contributed by atoms with Gasteiger partial charge in [0, 0.05) is 5.56 Å². The van der Waals surface area contributed by atoms with Gasteiger partial charge in [-0.2, -0.15) is 0 Å². The predicted octanol–water partition coefficient (Wildman–Crippen LogP) is 2.45. The molecule has 0 spiro atoms. The van der Waals surface area contributed by atoms with Gasteiger partial charge in [0.15, 0.2) is 0 Å². The molecule has 2 N–H and O–H groups in total. The number of benzene rings is 1. The Morgan fingerprint density at radius 1 is 1.11 bits per heavy atom. The molecule has 0 aliphatic heterocycles. The first kappa shape index (κ1) is 13.6. The number of carbonyl (C=O) groups is 2. The Balaban J connectivity index is 2.04. The summed E-state index contributed by atoms with van der Waals surface area (Å²) in [5.41, 5.74) is 0.504. The minimum atomic E-state index is -0.934. The zero-order chi connectivity index (χ0) is 13.7. The number of carboxylic acid groups (broad SMARTS) is 1. The van der Waals surface area contributed by atoms with E-state index in [2.05, 4.69) is 5.32 Å². The molecule has 4 nitrogen and oxygen atoms in total. The van der Waals surface area contributed by atoms with Crippen LogP contribution in [0.2, 0.25) is 0 Å². The number of rotatable bonds is 4. The van der Waals surface area contributed by atoms with Crippen LogP contribution in [0, 0.1) is 5.92 Å². The first-order valence-electron chi connectivity index (χ1n) is 6.77. The van der Waals surface area contributed by atoms with E-state index in [1.165, 1.54) is 0 Å². The number of aliphatic carboxylic acids is 1. The van der Waals surface area contributed by atoms with Crippen LogP contribution in [-0.2, 0) is 4.79 Å². The van der Waals surface area contributed by atoms with Crippen LogP contribution in [0.25, 0.3) is 0 Å². The quantitative estimate of drug-likeness (QED) is 0.874. The van der Waals surface area contributed by atoms with Gasteiger partial charge in [-0.25, -0.2) is 4.79 Å². The second kappa shape index (κ2) is 6.36. The number of carboxylic acids is 1. The van der Waals surface area contributed by atoms with Crippen molar-refractivity contribution < 1.29 is 14.7 Å². The summed E-state index contributed by atoms with van der Waals surface area (Å²) in [4.78, 5) is 23.4. The Morgan fingerprint density at radius 2 is 1.74 bits per heavy atom. The van der Waals surface area contributed by atoms with E-state index in [1.807, 2.05) is 6.07 Å². The average molecular weight is 261 g/mol. The first-order valence-corrected chi connectivity index (χ1v) is 6.77. The van der Waals surface area contributed by atoms with E-state index in [0.29, 0.717) is 5.56 Å². The zero-order valence-corrected chi connectivity index (χ0v) is 10.8. The smallest absolute Gasteiger partial charge is 0.326 e. The summed E-state index contributed by atoms with van der Waals surface area (Å²) in [5.74, 6) is -1.19. The molecule has 1 fully saturated rings. The molecule has 1 amide bonds. The van der Waals surface area contributed by atoms with Crippen molar-refractivity contribution in [2.75, 3.05) is 0 Å². The van der Waals surface area contributed by atoms with Crippen molar-refractivity contribution >= 4 is 11.9 Å². The Kier molecular flexibility index (Phi) is 4.55. The van der Waals surface area contributed by atoms with Gasteiger partial charge in [0.1, 0.15) is 6.04 Å². The number of nitrogens with one attached hydrogen (secondary N) is 1. The molecule has 1 atom stereocenters. The highest BCUT2D eigenvalue weighted by Crippen LogP contribution is 2.26. The highest BCUT2D eigenvalue weighted by atomic mass is 16.4. The molecular weight excluding hydrogens is 242 g/mol. The van der Waals surface area contributed by atoms with Crippen LogP contribution in [0.3, 0.4) is 0 Å². The minimum Gasteiger partial charge on any atom is -0.480 e. The molecule has 1 aromatic carbocycles. The molecule has 0 heterocycles. The monoisotopic (exact) mass is 261 g/mol. The van der Waals surface area contributed by atoms with Crippen LogP contribution in [0.1, 0.15) is 42.5 Å². The number of hydrogen-bond acceptors (Lipinski definition) is 2. The lowest BCUT2D eigenvalue weighted by Crippen LogP contribution is -2.46. The van der Waals surface area contributed by atoms with Crippen molar-refractivity contribution in [2.24, 2.45) is 5.92 Å². The summed E-state index contributed by atoms with van der Waals surface area (Å²) < 4.78 is 0. The largest absolute Gasteiger partial charge is 0.480 e. The van der Waals surface area contributed by atoms with Crippen molar-refractivity contribution in [3.05, 3.63) is 35.9 Å². The molecule has 0 aromatic heterocycles. The van der Waals surface area contributed by atoms with Crippen molar-refractivity contribution in [3.8, 4) is 0 Å². The minimum absolute atomic E-state index is 0.0545. The zero-order valence-electron chi connectivity index (χ0n) is 10.8. The van der Waals surface area contributed by atoms with Gasteiger partial charge >= 0.3 is 5.97 Å². The second-order valence-electron chi connectivity index (χ2n) is 5.05. The third kappa shape index (κ3) is 3.56. The Morgan fingerprint density at radius 3 is 2.32 bits per heavy atom. The molecule has 1 saturated carbocycles. The summed E-state index contributed by atoms with van der Waals surface area (Å²) in [6.07, 6.45) is 5.03. The Labute approximate surface area is 112 Å². The fraction of sp³-hybridized carbons (Fsp3) is 0.467. The molecule has 1 aromatic rings. The fourth-order valence-corrected chi connectivity index (χ4v) is 2.66. The summed E-state index contributed by atoms with van der Waals surface area (Å²) in [6.45, 7) is 0. The highest BCUT2D eigenvalue weighted by molar-refractivity contribution is 5.96. The van der Waals surface area contributed by atoms with Gasteiger partial charge in [0.05, 0.1) is 0 Å². The average Bonchev–Trinajstić information content (AvgIpc) is 2.46. The second-order valence-corrected chi connectivity index (χ2v) is 5.05. The van der Waals surface area contributed by atoms with E-state index in [4.69, 9.17) is 0 Å². The van der Waals surface area contributed by atoms with E-state index in [1.54, 1.807) is 24.3 Å². The molecule has 0 radical (unpaired) electrons. The van der Waals surface area contributed by atoms with Gasteiger partial charge in [0.2, 0.25) is 0 Å². The van der Waals surface area contributed by atoms with Crippen LogP contribution >= 0.6 is 0 Å². The van der Waals surface area contributed by atoms with E-state index in [-0.39, 0.29) is 11.8 Å². The maximum Gasteiger partial charge on any atom is 0.326 e. The van der Waals surface area contributed by atoms with E-state index < -0.39 is 12.0 Å². The van der Waals surface area contributed by atoms with Gasteiger partial charge in [-0.15, -0.1) is 0 Å². The van der Waals surface area contributed by atoms with Crippen molar-refractivity contribution in [1.29, 1.82) is 0 Å². The van der Waals surface area contributed by atoms with Crippen LogP contribution in [0.5, 0.6) is 0 Å². The predicted molar refractivity (Wildman–Crippen MR) is 71.9 cm³/mol. The maximum atomic E-state index is 12.0. The van der Waals surface area contributed by atoms with Crippen molar-refractivity contribution in [2.45, 2.75) is 38.1 Å². The topological polar surface area (TPSA) is 66.4 Å². The standard InChI is InChI=1S/C15H19NO3/c17-14(12-9-5-2-6-10-12)16-13(15(18)19)11-7-3-1-4-8-11/h2,5-6,9-11,13H,1,3-4,7-8H2,(H,16,17)(H,18,19)/t13-/m1/s1. The summed E-state index contributed by atoms with van der Waals surface area (Å²) in [5, 5.41) is 12.0. The number of carbonyl (C=O) groups excluding carboxylic acids is 1. The molecule has 0 saturated heterocycles. The van der Waals surface area contributed by atoms with Gasteiger partial charge in [0.25, 0.3) is 5.91 Å². The van der Waals surface area contributed by atoms with E-state index in [0.717, 1.165) is 32.1 Å².